The highest BCUT2D eigenvalue weighted by molar-refractivity contribution is 5.31. The Morgan fingerprint density at radius 2 is 1.56 bits per heavy atom. The lowest BCUT2D eigenvalue weighted by atomic mass is 9.97. The fraction of sp³-hybridized carbons (Fsp3) is 0.250. The maximum atomic E-state index is 12.8. The molecule has 0 aromatic heterocycles. The first-order valence-electron chi connectivity index (χ1n) is 6.13. The molecule has 0 spiro atoms. The van der Waals surface area contributed by atoms with Crippen molar-refractivity contribution >= 4 is 0 Å². The van der Waals surface area contributed by atoms with Crippen molar-refractivity contribution in [2.75, 3.05) is 0 Å². The van der Waals surface area contributed by atoms with Crippen molar-refractivity contribution in [3.8, 4) is 0 Å². The summed E-state index contributed by atoms with van der Waals surface area (Å²) >= 11 is 0. The second kappa shape index (κ2) is 5.32. The Morgan fingerprint density at radius 1 is 1.00 bits per heavy atom. The summed E-state index contributed by atoms with van der Waals surface area (Å²) in [4.78, 5) is 0. The fourth-order valence-electron chi connectivity index (χ4n) is 2.22. The number of aryl methyl sites for hydroxylation is 2. The second-order valence-electron chi connectivity index (χ2n) is 4.86. The van der Waals surface area contributed by atoms with E-state index in [1.165, 1.54) is 23.3 Å². The van der Waals surface area contributed by atoms with E-state index in [0.717, 1.165) is 17.5 Å². The second-order valence-corrected chi connectivity index (χ2v) is 4.86. The Morgan fingerprint density at radius 3 is 2.11 bits per heavy atom. The van der Waals surface area contributed by atoms with Crippen LogP contribution in [0.1, 0.15) is 28.3 Å². The van der Waals surface area contributed by atoms with Crippen LogP contribution in [0, 0.1) is 19.7 Å². The van der Waals surface area contributed by atoms with Crippen molar-refractivity contribution in [2.45, 2.75) is 26.3 Å². The third-order valence-electron chi connectivity index (χ3n) is 3.04. The number of halogens is 1. The van der Waals surface area contributed by atoms with Gasteiger partial charge < -0.3 is 5.73 Å². The zero-order chi connectivity index (χ0) is 13.1. The molecule has 0 radical (unpaired) electrons. The Kier molecular flexibility index (Phi) is 3.78. The normalized spacial score (nSPS) is 12.4. The van der Waals surface area contributed by atoms with Gasteiger partial charge in [0.1, 0.15) is 5.82 Å². The molecule has 0 saturated heterocycles. The number of rotatable bonds is 3. The number of hydrogen-bond donors (Lipinski definition) is 1. The predicted molar refractivity (Wildman–Crippen MR) is 72.9 cm³/mol. The van der Waals surface area contributed by atoms with E-state index in [1.807, 2.05) is 0 Å². The van der Waals surface area contributed by atoms with E-state index in [9.17, 15) is 4.39 Å². The Balaban J connectivity index is 2.16. The van der Waals surface area contributed by atoms with Crippen molar-refractivity contribution in [3.63, 3.8) is 0 Å². The maximum absolute atomic E-state index is 12.8. The van der Waals surface area contributed by atoms with Crippen LogP contribution < -0.4 is 5.73 Å². The summed E-state index contributed by atoms with van der Waals surface area (Å²) in [5.74, 6) is -0.210. The molecular weight excluding hydrogens is 225 g/mol. The Hall–Kier alpha value is -1.67. The van der Waals surface area contributed by atoms with Crippen LogP contribution in [-0.2, 0) is 6.42 Å². The van der Waals surface area contributed by atoms with E-state index in [-0.39, 0.29) is 11.9 Å². The first-order valence-corrected chi connectivity index (χ1v) is 6.13. The van der Waals surface area contributed by atoms with Gasteiger partial charge in [0.25, 0.3) is 0 Å². The lowest BCUT2D eigenvalue weighted by Crippen LogP contribution is -2.13. The van der Waals surface area contributed by atoms with Crippen molar-refractivity contribution in [1.82, 2.24) is 0 Å². The lowest BCUT2D eigenvalue weighted by molar-refractivity contribution is 0.625. The Labute approximate surface area is 107 Å². The molecule has 1 atom stereocenters. The van der Waals surface area contributed by atoms with Crippen molar-refractivity contribution in [2.24, 2.45) is 5.73 Å². The molecular formula is C16H18FN. The molecule has 94 valence electrons. The molecule has 0 saturated carbocycles. The zero-order valence-corrected chi connectivity index (χ0v) is 10.8. The third-order valence-corrected chi connectivity index (χ3v) is 3.04. The van der Waals surface area contributed by atoms with Crippen LogP contribution in [0.4, 0.5) is 4.39 Å². The van der Waals surface area contributed by atoms with Crippen molar-refractivity contribution in [1.29, 1.82) is 0 Å². The summed E-state index contributed by atoms with van der Waals surface area (Å²) in [6.07, 6.45) is 0.725. The zero-order valence-electron chi connectivity index (χ0n) is 10.8. The van der Waals surface area contributed by atoms with Gasteiger partial charge in [0.15, 0.2) is 0 Å². The van der Waals surface area contributed by atoms with Crippen molar-refractivity contribution < 1.29 is 4.39 Å². The number of nitrogens with two attached hydrogens (primary N) is 1. The van der Waals surface area contributed by atoms with Crippen LogP contribution in [-0.4, -0.2) is 0 Å². The van der Waals surface area contributed by atoms with Gasteiger partial charge in [-0.2, -0.15) is 0 Å². The van der Waals surface area contributed by atoms with Gasteiger partial charge in [0.05, 0.1) is 0 Å². The minimum Gasteiger partial charge on any atom is -0.324 e. The van der Waals surface area contributed by atoms with Crippen LogP contribution >= 0.6 is 0 Å². The van der Waals surface area contributed by atoms with Gasteiger partial charge in [0, 0.05) is 6.04 Å². The van der Waals surface area contributed by atoms with Gasteiger partial charge in [-0.25, -0.2) is 4.39 Å². The molecule has 1 nitrogen and oxygen atoms in total. The highest BCUT2D eigenvalue weighted by atomic mass is 19.1. The molecule has 1 unspecified atom stereocenters. The molecule has 2 heteroatoms. The number of benzene rings is 2. The molecule has 0 amide bonds. The van der Waals surface area contributed by atoms with Gasteiger partial charge >= 0.3 is 0 Å². The molecule has 0 aliphatic heterocycles. The smallest absolute Gasteiger partial charge is 0.123 e. The summed E-state index contributed by atoms with van der Waals surface area (Å²) in [6, 6.07) is 12.8. The fourth-order valence-corrected chi connectivity index (χ4v) is 2.22. The SMILES string of the molecule is Cc1cc(C)cc(C(N)Cc2ccc(F)cc2)c1. The quantitative estimate of drug-likeness (QED) is 0.874. The van der Waals surface area contributed by atoms with Gasteiger partial charge in [-0.15, -0.1) is 0 Å². The summed E-state index contributed by atoms with van der Waals surface area (Å²) in [7, 11) is 0. The topological polar surface area (TPSA) is 26.0 Å². The van der Waals surface area contributed by atoms with Crippen LogP contribution in [0.2, 0.25) is 0 Å². The maximum Gasteiger partial charge on any atom is 0.123 e. The average Bonchev–Trinajstić information content (AvgIpc) is 2.31. The van der Waals surface area contributed by atoms with E-state index in [2.05, 4.69) is 32.0 Å². The van der Waals surface area contributed by atoms with Crippen LogP contribution in [0.25, 0.3) is 0 Å². The van der Waals surface area contributed by atoms with E-state index < -0.39 is 0 Å². The van der Waals surface area contributed by atoms with E-state index in [0.29, 0.717) is 0 Å². The van der Waals surface area contributed by atoms with E-state index in [4.69, 9.17) is 5.73 Å². The first kappa shape index (κ1) is 12.8. The number of hydrogen-bond acceptors (Lipinski definition) is 1. The lowest BCUT2D eigenvalue weighted by Gasteiger charge is -2.14. The van der Waals surface area contributed by atoms with Crippen LogP contribution in [0.3, 0.4) is 0 Å². The molecule has 2 rings (SSSR count). The van der Waals surface area contributed by atoms with E-state index >= 15 is 0 Å². The monoisotopic (exact) mass is 243 g/mol. The molecule has 0 bridgehead atoms. The molecule has 2 N–H and O–H groups in total. The largest absolute Gasteiger partial charge is 0.324 e. The van der Waals surface area contributed by atoms with Gasteiger partial charge in [0.2, 0.25) is 0 Å². The van der Waals surface area contributed by atoms with Crippen LogP contribution in [0.15, 0.2) is 42.5 Å². The summed E-state index contributed by atoms with van der Waals surface area (Å²) < 4.78 is 12.8. The molecule has 18 heavy (non-hydrogen) atoms. The minimum atomic E-state index is -0.210. The molecule has 2 aromatic carbocycles. The molecule has 0 fully saturated rings. The first-order chi connectivity index (χ1) is 8.54. The predicted octanol–water partition coefficient (Wildman–Crippen LogP) is 3.69. The van der Waals surface area contributed by atoms with Crippen LogP contribution in [0.5, 0.6) is 0 Å². The van der Waals surface area contributed by atoms with Gasteiger partial charge in [-0.3, -0.25) is 0 Å². The summed E-state index contributed by atoms with van der Waals surface area (Å²) in [5, 5.41) is 0. The summed E-state index contributed by atoms with van der Waals surface area (Å²) in [5.41, 5.74) is 10.8. The molecule has 2 aromatic rings. The van der Waals surface area contributed by atoms with Gasteiger partial charge in [-0.05, 0) is 43.5 Å². The third kappa shape index (κ3) is 3.17. The Bertz CT molecular complexity index is 511. The van der Waals surface area contributed by atoms with Gasteiger partial charge in [-0.1, -0.05) is 41.5 Å². The molecule has 0 heterocycles. The molecule has 0 aliphatic carbocycles. The minimum absolute atomic E-state index is 0.0472. The molecule has 0 aliphatic rings. The highest BCUT2D eigenvalue weighted by Crippen LogP contribution is 2.19. The highest BCUT2D eigenvalue weighted by Gasteiger charge is 2.08. The van der Waals surface area contributed by atoms with E-state index in [1.54, 1.807) is 12.1 Å². The van der Waals surface area contributed by atoms with Crippen molar-refractivity contribution in [3.05, 3.63) is 70.5 Å². The summed E-state index contributed by atoms with van der Waals surface area (Å²) in [6.45, 7) is 4.14. The average molecular weight is 243 g/mol. The standard InChI is InChI=1S/C16H18FN/c1-11-7-12(2)9-14(8-11)16(18)10-13-3-5-15(17)6-4-13/h3-9,16H,10,18H2,1-2H3.